The van der Waals surface area contributed by atoms with Crippen molar-refractivity contribution in [1.82, 2.24) is 5.32 Å². The van der Waals surface area contributed by atoms with Crippen LogP contribution in [-0.4, -0.2) is 25.3 Å². The summed E-state index contributed by atoms with van der Waals surface area (Å²) in [6.45, 7) is 2.07. The number of ether oxygens (including phenoxy) is 1. The summed E-state index contributed by atoms with van der Waals surface area (Å²) in [6, 6.07) is 0.769. The third-order valence-corrected chi connectivity index (χ3v) is 4.01. The van der Waals surface area contributed by atoms with Crippen LogP contribution in [0.15, 0.2) is 0 Å². The van der Waals surface area contributed by atoms with E-state index in [1.165, 1.54) is 64.2 Å². The molecule has 16 heavy (non-hydrogen) atoms. The predicted octanol–water partition coefficient (Wildman–Crippen LogP) is 3.26. The van der Waals surface area contributed by atoms with Gasteiger partial charge in [0.05, 0.1) is 6.10 Å². The van der Waals surface area contributed by atoms with Crippen LogP contribution in [0.1, 0.15) is 64.2 Å². The van der Waals surface area contributed by atoms with Crippen LogP contribution < -0.4 is 5.32 Å². The topological polar surface area (TPSA) is 21.3 Å². The fourth-order valence-electron chi connectivity index (χ4n) is 2.93. The summed E-state index contributed by atoms with van der Waals surface area (Å²) in [4.78, 5) is 0. The molecule has 2 heteroatoms. The highest BCUT2D eigenvalue weighted by molar-refractivity contribution is 4.73. The van der Waals surface area contributed by atoms with Gasteiger partial charge in [0.2, 0.25) is 0 Å². The van der Waals surface area contributed by atoms with E-state index in [-0.39, 0.29) is 0 Å². The highest BCUT2D eigenvalue weighted by Crippen LogP contribution is 2.18. The molecule has 2 rings (SSSR count). The zero-order chi connectivity index (χ0) is 11.1. The maximum Gasteiger partial charge on any atom is 0.0699 e. The minimum atomic E-state index is 0.499. The molecule has 1 saturated carbocycles. The summed E-state index contributed by atoms with van der Waals surface area (Å²) in [6.07, 6.45) is 14.3. The first-order chi connectivity index (χ1) is 7.95. The van der Waals surface area contributed by atoms with Gasteiger partial charge in [-0.1, -0.05) is 32.1 Å². The van der Waals surface area contributed by atoms with Crippen LogP contribution in [0.25, 0.3) is 0 Å². The standard InChI is InChI=1S/C14H27NO/c1-2-4-8-13(9-5-3-1)15-12-14-10-6-7-11-16-14/h13-15H,1-12H2. The van der Waals surface area contributed by atoms with E-state index >= 15 is 0 Å². The number of nitrogens with one attached hydrogen (secondary N) is 1. The van der Waals surface area contributed by atoms with E-state index in [1.54, 1.807) is 0 Å². The molecule has 0 aromatic heterocycles. The highest BCUT2D eigenvalue weighted by atomic mass is 16.5. The zero-order valence-corrected chi connectivity index (χ0v) is 10.5. The van der Waals surface area contributed by atoms with Crippen LogP contribution in [0.4, 0.5) is 0 Å². The first-order valence-electron chi connectivity index (χ1n) is 7.30. The zero-order valence-electron chi connectivity index (χ0n) is 10.5. The molecule has 1 unspecified atom stereocenters. The van der Waals surface area contributed by atoms with Crippen LogP contribution >= 0.6 is 0 Å². The van der Waals surface area contributed by atoms with E-state index < -0.39 is 0 Å². The summed E-state index contributed by atoms with van der Waals surface area (Å²) in [7, 11) is 0. The predicted molar refractivity (Wildman–Crippen MR) is 67.7 cm³/mol. The lowest BCUT2D eigenvalue weighted by Crippen LogP contribution is -2.38. The van der Waals surface area contributed by atoms with Crippen molar-refractivity contribution in [2.24, 2.45) is 0 Å². The monoisotopic (exact) mass is 225 g/mol. The smallest absolute Gasteiger partial charge is 0.0699 e. The Balaban J connectivity index is 1.62. The van der Waals surface area contributed by atoms with Gasteiger partial charge >= 0.3 is 0 Å². The Kier molecular flexibility index (Phi) is 5.64. The van der Waals surface area contributed by atoms with Crippen molar-refractivity contribution in [2.45, 2.75) is 76.4 Å². The van der Waals surface area contributed by atoms with Gasteiger partial charge in [-0.3, -0.25) is 0 Å². The van der Waals surface area contributed by atoms with Crippen LogP contribution in [-0.2, 0) is 4.74 Å². The molecule has 1 aliphatic carbocycles. The van der Waals surface area contributed by atoms with Gasteiger partial charge in [-0.05, 0) is 32.1 Å². The fourth-order valence-corrected chi connectivity index (χ4v) is 2.93. The maximum atomic E-state index is 5.76. The van der Waals surface area contributed by atoms with Gasteiger partial charge in [-0.15, -0.1) is 0 Å². The van der Waals surface area contributed by atoms with Gasteiger partial charge in [0.15, 0.2) is 0 Å². The van der Waals surface area contributed by atoms with Crippen LogP contribution in [0, 0.1) is 0 Å². The molecule has 1 N–H and O–H groups in total. The Hall–Kier alpha value is -0.0800. The Morgan fingerprint density at radius 1 is 0.812 bits per heavy atom. The molecule has 2 nitrogen and oxygen atoms in total. The molecule has 0 aromatic rings. The molecule has 2 aliphatic rings. The summed E-state index contributed by atoms with van der Waals surface area (Å²) >= 11 is 0. The molecule has 2 fully saturated rings. The van der Waals surface area contributed by atoms with Gasteiger partial charge in [0.1, 0.15) is 0 Å². The molecule has 1 aliphatic heterocycles. The Morgan fingerprint density at radius 3 is 2.19 bits per heavy atom. The van der Waals surface area contributed by atoms with Crippen LogP contribution in [0.5, 0.6) is 0 Å². The van der Waals surface area contributed by atoms with E-state index in [2.05, 4.69) is 5.32 Å². The minimum Gasteiger partial charge on any atom is -0.377 e. The Bertz CT molecular complexity index is 170. The van der Waals surface area contributed by atoms with E-state index in [4.69, 9.17) is 4.74 Å². The van der Waals surface area contributed by atoms with Gasteiger partial charge < -0.3 is 10.1 Å². The molecule has 0 radical (unpaired) electrons. The maximum absolute atomic E-state index is 5.76. The lowest BCUT2D eigenvalue weighted by atomic mass is 9.96. The second-order valence-corrected chi connectivity index (χ2v) is 5.44. The third-order valence-electron chi connectivity index (χ3n) is 4.01. The SMILES string of the molecule is C1CCCC(NCC2CCCCO2)CCC1. The molecule has 1 saturated heterocycles. The summed E-state index contributed by atoms with van der Waals surface area (Å²) in [5.41, 5.74) is 0. The number of hydrogen-bond donors (Lipinski definition) is 1. The van der Waals surface area contributed by atoms with Gasteiger partial charge in [-0.25, -0.2) is 0 Å². The summed E-state index contributed by atoms with van der Waals surface area (Å²) in [5, 5.41) is 3.73. The molecule has 1 atom stereocenters. The summed E-state index contributed by atoms with van der Waals surface area (Å²) in [5.74, 6) is 0. The van der Waals surface area contributed by atoms with Gasteiger partial charge in [-0.2, -0.15) is 0 Å². The van der Waals surface area contributed by atoms with Gasteiger partial charge in [0, 0.05) is 19.2 Å². The van der Waals surface area contributed by atoms with Crippen molar-refractivity contribution in [1.29, 1.82) is 0 Å². The van der Waals surface area contributed by atoms with Crippen molar-refractivity contribution in [3.8, 4) is 0 Å². The molecular formula is C14H27NO. The third kappa shape index (κ3) is 4.42. The molecule has 0 amide bonds. The van der Waals surface area contributed by atoms with Crippen molar-refractivity contribution in [3.05, 3.63) is 0 Å². The number of rotatable bonds is 3. The number of hydrogen-bond acceptors (Lipinski definition) is 2. The normalized spacial score (nSPS) is 29.6. The summed E-state index contributed by atoms with van der Waals surface area (Å²) < 4.78 is 5.76. The van der Waals surface area contributed by atoms with E-state index in [1.807, 2.05) is 0 Å². The van der Waals surface area contributed by atoms with Crippen molar-refractivity contribution in [3.63, 3.8) is 0 Å². The van der Waals surface area contributed by atoms with E-state index in [0.717, 1.165) is 19.2 Å². The molecule has 0 spiro atoms. The van der Waals surface area contributed by atoms with Crippen LogP contribution in [0.3, 0.4) is 0 Å². The average molecular weight is 225 g/mol. The fraction of sp³-hybridized carbons (Fsp3) is 1.00. The van der Waals surface area contributed by atoms with Crippen molar-refractivity contribution < 1.29 is 4.74 Å². The van der Waals surface area contributed by atoms with Crippen LogP contribution in [0.2, 0.25) is 0 Å². The first kappa shape index (κ1) is 12.4. The van der Waals surface area contributed by atoms with Crippen molar-refractivity contribution in [2.75, 3.05) is 13.2 Å². The molecule has 94 valence electrons. The average Bonchev–Trinajstić information content (AvgIpc) is 2.29. The van der Waals surface area contributed by atoms with Crippen molar-refractivity contribution >= 4 is 0 Å². The lowest BCUT2D eigenvalue weighted by molar-refractivity contribution is 0.0149. The largest absolute Gasteiger partial charge is 0.377 e. The minimum absolute atomic E-state index is 0.499. The molecule has 1 heterocycles. The second kappa shape index (κ2) is 7.29. The first-order valence-corrected chi connectivity index (χ1v) is 7.30. The molecular weight excluding hydrogens is 198 g/mol. The lowest BCUT2D eigenvalue weighted by Gasteiger charge is -2.27. The Morgan fingerprint density at radius 2 is 1.50 bits per heavy atom. The molecule has 0 aromatic carbocycles. The highest BCUT2D eigenvalue weighted by Gasteiger charge is 2.16. The Labute approximate surface area is 100 Å². The van der Waals surface area contributed by atoms with Gasteiger partial charge in [0.25, 0.3) is 0 Å². The quantitative estimate of drug-likeness (QED) is 0.796. The van der Waals surface area contributed by atoms with E-state index in [0.29, 0.717) is 6.10 Å². The second-order valence-electron chi connectivity index (χ2n) is 5.44. The molecule has 0 bridgehead atoms. The van der Waals surface area contributed by atoms with E-state index in [9.17, 15) is 0 Å².